The van der Waals surface area contributed by atoms with E-state index in [1.165, 1.54) is 12.1 Å². The Morgan fingerprint density at radius 3 is 2.60 bits per heavy atom. The first-order chi connectivity index (χ1) is 9.52. The van der Waals surface area contributed by atoms with Crippen LogP contribution in [0.5, 0.6) is 5.75 Å². The number of carbonyl (C=O) groups excluding carboxylic acids is 1. The van der Waals surface area contributed by atoms with Gasteiger partial charge < -0.3 is 15.8 Å². The number of thioether (sulfide) groups is 1. The number of nitrogens with one attached hydrogen (secondary N) is 1. The Hall–Kier alpha value is -1.34. The molecule has 0 bridgehead atoms. The fourth-order valence-corrected chi connectivity index (χ4v) is 1.97. The number of nitrogens with two attached hydrogens (primary N) is 1. The van der Waals surface area contributed by atoms with Crippen LogP contribution in [-0.4, -0.2) is 30.6 Å². The summed E-state index contributed by atoms with van der Waals surface area (Å²) < 4.78 is 28.2. The van der Waals surface area contributed by atoms with Crippen molar-refractivity contribution in [3.8, 4) is 5.75 Å². The molecule has 0 aliphatic heterocycles. The summed E-state index contributed by atoms with van der Waals surface area (Å²) in [6, 6.07) is 5.57. The van der Waals surface area contributed by atoms with Crippen LogP contribution in [0, 0.1) is 0 Å². The minimum atomic E-state index is -2.84. The quantitative estimate of drug-likeness (QED) is 0.771. The fraction of sp³-hybridized carbons (Fsp3) is 0.462. The van der Waals surface area contributed by atoms with E-state index in [1.54, 1.807) is 23.9 Å². The van der Waals surface area contributed by atoms with Gasteiger partial charge in [0, 0.05) is 6.54 Å². The second-order valence-corrected chi connectivity index (χ2v) is 5.11. The maximum absolute atomic E-state index is 12.0. The SMILES string of the molecule is CSCC[C@@H](N)C(=O)NCc1ccc(OC(F)F)cc1. The third-order valence-electron chi connectivity index (χ3n) is 2.59. The van der Waals surface area contributed by atoms with Crippen LogP contribution in [-0.2, 0) is 11.3 Å². The smallest absolute Gasteiger partial charge is 0.387 e. The highest BCUT2D eigenvalue weighted by molar-refractivity contribution is 7.98. The molecule has 0 aromatic heterocycles. The Kier molecular flexibility index (Phi) is 7.32. The van der Waals surface area contributed by atoms with E-state index < -0.39 is 12.7 Å². The van der Waals surface area contributed by atoms with Gasteiger partial charge in [-0.2, -0.15) is 20.5 Å². The van der Waals surface area contributed by atoms with E-state index in [4.69, 9.17) is 5.73 Å². The maximum atomic E-state index is 12.0. The van der Waals surface area contributed by atoms with Gasteiger partial charge in [0.15, 0.2) is 0 Å². The molecule has 112 valence electrons. The number of carbonyl (C=O) groups is 1. The first-order valence-electron chi connectivity index (χ1n) is 6.09. The molecule has 3 N–H and O–H groups in total. The van der Waals surface area contributed by atoms with Crippen LogP contribution in [0.4, 0.5) is 8.78 Å². The summed E-state index contributed by atoms with van der Waals surface area (Å²) in [6.45, 7) is -2.53. The number of alkyl halides is 2. The van der Waals surface area contributed by atoms with Crippen molar-refractivity contribution in [1.29, 1.82) is 0 Å². The monoisotopic (exact) mass is 304 g/mol. The Morgan fingerprint density at radius 2 is 2.05 bits per heavy atom. The van der Waals surface area contributed by atoms with Crippen LogP contribution in [0.3, 0.4) is 0 Å². The number of rotatable bonds is 8. The van der Waals surface area contributed by atoms with Gasteiger partial charge in [-0.3, -0.25) is 4.79 Å². The van der Waals surface area contributed by atoms with Crippen molar-refractivity contribution in [3.63, 3.8) is 0 Å². The average Bonchev–Trinajstić information content (AvgIpc) is 2.43. The Labute approximate surface area is 121 Å². The molecule has 0 aliphatic carbocycles. The Morgan fingerprint density at radius 1 is 1.40 bits per heavy atom. The lowest BCUT2D eigenvalue weighted by Crippen LogP contribution is -2.40. The highest BCUT2D eigenvalue weighted by Crippen LogP contribution is 2.14. The zero-order valence-electron chi connectivity index (χ0n) is 11.1. The van der Waals surface area contributed by atoms with E-state index in [-0.39, 0.29) is 11.7 Å². The van der Waals surface area contributed by atoms with Gasteiger partial charge in [0.25, 0.3) is 0 Å². The summed E-state index contributed by atoms with van der Waals surface area (Å²) in [5.74, 6) is 0.701. The topological polar surface area (TPSA) is 64.4 Å². The van der Waals surface area contributed by atoms with Gasteiger partial charge in [-0.1, -0.05) is 12.1 Å². The van der Waals surface area contributed by atoms with E-state index in [0.717, 1.165) is 11.3 Å². The highest BCUT2D eigenvalue weighted by Gasteiger charge is 2.12. The van der Waals surface area contributed by atoms with E-state index in [1.807, 2.05) is 6.26 Å². The number of hydrogen-bond acceptors (Lipinski definition) is 4. The number of hydrogen-bond donors (Lipinski definition) is 2. The van der Waals surface area contributed by atoms with Gasteiger partial charge in [0.2, 0.25) is 5.91 Å². The summed E-state index contributed by atoms with van der Waals surface area (Å²) in [6.07, 6.45) is 2.57. The standard InChI is InChI=1S/C13H18F2N2O2S/c1-20-7-6-11(16)12(18)17-8-9-2-4-10(5-3-9)19-13(14)15/h2-5,11,13H,6-8,16H2,1H3,(H,17,18)/t11-/m1/s1. The molecule has 0 saturated carbocycles. The summed E-state index contributed by atoms with van der Waals surface area (Å²) in [7, 11) is 0. The molecule has 0 spiro atoms. The summed E-state index contributed by atoms with van der Waals surface area (Å²) in [4.78, 5) is 11.7. The lowest BCUT2D eigenvalue weighted by Gasteiger charge is -2.12. The zero-order valence-corrected chi connectivity index (χ0v) is 12.0. The molecule has 1 atom stereocenters. The summed E-state index contributed by atoms with van der Waals surface area (Å²) in [5.41, 5.74) is 6.51. The second kappa shape index (κ2) is 8.76. The predicted molar refractivity (Wildman–Crippen MR) is 75.9 cm³/mol. The van der Waals surface area contributed by atoms with Crippen LogP contribution >= 0.6 is 11.8 Å². The van der Waals surface area contributed by atoms with Crippen molar-refractivity contribution >= 4 is 17.7 Å². The number of amides is 1. The van der Waals surface area contributed by atoms with Crippen LogP contribution in [0.25, 0.3) is 0 Å². The molecule has 0 unspecified atom stereocenters. The van der Waals surface area contributed by atoms with Crippen molar-refractivity contribution < 1.29 is 18.3 Å². The predicted octanol–water partition coefficient (Wildman–Crippen LogP) is 1.98. The molecule has 0 fully saturated rings. The molecule has 0 radical (unpaired) electrons. The molecule has 1 aromatic rings. The van der Waals surface area contributed by atoms with Crippen molar-refractivity contribution in [1.82, 2.24) is 5.32 Å². The van der Waals surface area contributed by atoms with Gasteiger partial charge in [0.1, 0.15) is 5.75 Å². The van der Waals surface area contributed by atoms with E-state index in [9.17, 15) is 13.6 Å². The van der Waals surface area contributed by atoms with E-state index >= 15 is 0 Å². The molecule has 0 saturated heterocycles. The van der Waals surface area contributed by atoms with Gasteiger partial charge in [0.05, 0.1) is 6.04 Å². The maximum Gasteiger partial charge on any atom is 0.387 e. The van der Waals surface area contributed by atoms with Gasteiger partial charge in [-0.15, -0.1) is 0 Å². The third-order valence-corrected chi connectivity index (χ3v) is 3.23. The molecule has 1 aromatic carbocycles. The molecule has 7 heteroatoms. The molecular formula is C13H18F2N2O2S. The van der Waals surface area contributed by atoms with Gasteiger partial charge in [-0.25, -0.2) is 0 Å². The fourth-order valence-electron chi connectivity index (χ4n) is 1.48. The minimum absolute atomic E-state index is 0.0896. The normalized spacial score (nSPS) is 12.2. The highest BCUT2D eigenvalue weighted by atomic mass is 32.2. The second-order valence-electron chi connectivity index (χ2n) is 4.13. The average molecular weight is 304 g/mol. The van der Waals surface area contributed by atoms with Crippen LogP contribution < -0.4 is 15.8 Å². The van der Waals surface area contributed by atoms with Gasteiger partial charge >= 0.3 is 6.61 Å². The Balaban J connectivity index is 2.39. The van der Waals surface area contributed by atoms with Crippen LogP contribution in [0.1, 0.15) is 12.0 Å². The number of halogens is 2. The molecule has 0 heterocycles. The minimum Gasteiger partial charge on any atom is -0.435 e. The molecule has 20 heavy (non-hydrogen) atoms. The summed E-state index contributed by atoms with van der Waals surface area (Å²) in [5, 5.41) is 2.71. The lowest BCUT2D eigenvalue weighted by molar-refractivity contribution is -0.122. The van der Waals surface area contributed by atoms with Crippen molar-refractivity contribution in [2.24, 2.45) is 5.73 Å². The zero-order chi connectivity index (χ0) is 15.0. The summed E-state index contributed by atoms with van der Waals surface area (Å²) >= 11 is 1.63. The van der Waals surface area contributed by atoms with Crippen molar-refractivity contribution in [2.75, 3.05) is 12.0 Å². The first-order valence-corrected chi connectivity index (χ1v) is 7.48. The Bertz CT molecular complexity index is 415. The van der Waals surface area contributed by atoms with Crippen LogP contribution in [0.2, 0.25) is 0 Å². The molecule has 4 nitrogen and oxygen atoms in total. The molecule has 1 amide bonds. The molecular weight excluding hydrogens is 286 g/mol. The first kappa shape index (κ1) is 16.7. The molecule has 0 aliphatic rings. The molecule has 1 rings (SSSR count). The number of ether oxygens (including phenoxy) is 1. The number of benzene rings is 1. The van der Waals surface area contributed by atoms with Crippen molar-refractivity contribution in [2.45, 2.75) is 25.6 Å². The van der Waals surface area contributed by atoms with Crippen LogP contribution in [0.15, 0.2) is 24.3 Å². The van der Waals surface area contributed by atoms with Crippen molar-refractivity contribution in [3.05, 3.63) is 29.8 Å². The van der Waals surface area contributed by atoms with Gasteiger partial charge in [-0.05, 0) is 36.1 Å². The van der Waals surface area contributed by atoms with E-state index in [2.05, 4.69) is 10.1 Å². The third kappa shape index (κ3) is 6.21. The lowest BCUT2D eigenvalue weighted by atomic mass is 10.2. The largest absolute Gasteiger partial charge is 0.435 e. The van der Waals surface area contributed by atoms with E-state index in [0.29, 0.717) is 13.0 Å².